The molecule has 1 fully saturated rings. The number of ether oxygens (including phenoxy) is 1. The van der Waals surface area contributed by atoms with Gasteiger partial charge in [-0.05, 0) is 5.41 Å². The molecule has 0 spiro atoms. The summed E-state index contributed by atoms with van der Waals surface area (Å²) in [7, 11) is 0. The van der Waals surface area contributed by atoms with E-state index in [1.807, 2.05) is 0 Å². The lowest BCUT2D eigenvalue weighted by Crippen LogP contribution is -2.51. The van der Waals surface area contributed by atoms with Crippen molar-refractivity contribution in [1.82, 2.24) is 4.90 Å². The van der Waals surface area contributed by atoms with Crippen LogP contribution >= 0.6 is 0 Å². The molecular weight excluding hydrogens is 166 g/mol. The van der Waals surface area contributed by atoms with Crippen LogP contribution in [0.15, 0.2) is 0 Å². The van der Waals surface area contributed by atoms with Crippen molar-refractivity contribution >= 4 is 0 Å². The summed E-state index contributed by atoms with van der Waals surface area (Å²) in [6, 6.07) is 0.261. The van der Waals surface area contributed by atoms with Crippen LogP contribution in [0.1, 0.15) is 20.8 Å². The smallest absolute Gasteiger partial charge is 0.0594 e. The van der Waals surface area contributed by atoms with Gasteiger partial charge < -0.3 is 9.84 Å². The van der Waals surface area contributed by atoms with Crippen LogP contribution in [0.5, 0.6) is 0 Å². The molecule has 0 radical (unpaired) electrons. The molecule has 1 rings (SSSR count). The van der Waals surface area contributed by atoms with Gasteiger partial charge in [-0.2, -0.15) is 0 Å². The molecule has 1 atom stereocenters. The monoisotopic (exact) mass is 187 g/mol. The fraction of sp³-hybridized carbons (Fsp3) is 1.00. The largest absolute Gasteiger partial charge is 0.395 e. The second-order valence-electron chi connectivity index (χ2n) is 4.71. The zero-order valence-electron chi connectivity index (χ0n) is 8.92. The first-order valence-electron chi connectivity index (χ1n) is 4.98. The third-order valence-corrected chi connectivity index (χ3v) is 2.66. The Morgan fingerprint density at radius 2 is 1.85 bits per heavy atom. The standard InChI is InChI=1S/C10H21NO2/c1-10(2,3)9(8-12)11-4-6-13-7-5-11/h9,12H,4-8H2,1-3H3/t9-/m1/s1. The molecule has 1 aliphatic rings. The Bertz CT molecular complexity index is 147. The van der Waals surface area contributed by atoms with Gasteiger partial charge in [0.05, 0.1) is 19.8 Å². The molecular formula is C10H21NO2. The molecule has 0 bridgehead atoms. The Morgan fingerprint density at radius 1 is 1.31 bits per heavy atom. The highest BCUT2D eigenvalue weighted by Crippen LogP contribution is 2.24. The van der Waals surface area contributed by atoms with E-state index < -0.39 is 0 Å². The highest BCUT2D eigenvalue weighted by Gasteiger charge is 2.30. The van der Waals surface area contributed by atoms with Gasteiger partial charge in [-0.1, -0.05) is 20.8 Å². The molecule has 0 unspecified atom stereocenters. The molecule has 0 aromatic carbocycles. The highest BCUT2D eigenvalue weighted by molar-refractivity contribution is 4.83. The molecule has 0 saturated carbocycles. The summed E-state index contributed by atoms with van der Waals surface area (Å²) in [5.41, 5.74) is 0.145. The molecule has 0 aromatic rings. The van der Waals surface area contributed by atoms with Crippen molar-refractivity contribution in [3.63, 3.8) is 0 Å². The van der Waals surface area contributed by atoms with Gasteiger partial charge in [0.2, 0.25) is 0 Å². The second kappa shape index (κ2) is 4.40. The number of hydrogen-bond acceptors (Lipinski definition) is 3. The molecule has 1 saturated heterocycles. The molecule has 3 heteroatoms. The van der Waals surface area contributed by atoms with Crippen molar-refractivity contribution in [3.8, 4) is 0 Å². The predicted octanol–water partition coefficient (Wildman–Crippen LogP) is 0.726. The van der Waals surface area contributed by atoms with Crippen molar-refractivity contribution in [1.29, 1.82) is 0 Å². The van der Waals surface area contributed by atoms with E-state index in [4.69, 9.17) is 4.74 Å². The normalized spacial score (nSPS) is 23.1. The maximum absolute atomic E-state index is 9.33. The van der Waals surface area contributed by atoms with Crippen LogP contribution in [0.3, 0.4) is 0 Å². The maximum Gasteiger partial charge on any atom is 0.0594 e. The SMILES string of the molecule is CC(C)(C)[C@@H](CO)N1CCOCC1. The Hall–Kier alpha value is -0.120. The first kappa shape index (κ1) is 11.0. The minimum absolute atomic E-state index is 0.145. The molecule has 0 aliphatic carbocycles. The van der Waals surface area contributed by atoms with Gasteiger partial charge in [-0.15, -0.1) is 0 Å². The highest BCUT2D eigenvalue weighted by atomic mass is 16.5. The van der Waals surface area contributed by atoms with E-state index >= 15 is 0 Å². The van der Waals surface area contributed by atoms with E-state index in [1.165, 1.54) is 0 Å². The molecule has 78 valence electrons. The fourth-order valence-corrected chi connectivity index (χ4v) is 1.83. The third-order valence-electron chi connectivity index (χ3n) is 2.66. The summed E-state index contributed by atoms with van der Waals surface area (Å²) in [4.78, 5) is 2.32. The number of morpholine rings is 1. The molecule has 1 N–H and O–H groups in total. The second-order valence-corrected chi connectivity index (χ2v) is 4.71. The minimum Gasteiger partial charge on any atom is -0.395 e. The Labute approximate surface area is 80.7 Å². The lowest BCUT2D eigenvalue weighted by molar-refractivity contribution is -0.0278. The number of nitrogens with zero attached hydrogens (tertiary/aromatic N) is 1. The zero-order valence-corrected chi connectivity index (χ0v) is 8.92. The van der Waals surface area contributed by atoms with Gasteiger partial charge in [0.1, 0.15) is 0 Å². The van der Waals surface area contributed by atoms with E-state index in [2.05, 4.69) is 25.7 Å². The Balaban J connectivity index is 2.54. The van der Waals surface area contributed by atoms with E-state index in [0.29, 0.717) is 0 Å². The molecule has 0 aromatic heterocycles. The van der Waals surface area contributed by atoms with Gasteiger partial charge in [-0.25, -0.2) is 0 Å². The van der Waals surface area contributed by atoms with Crippen LogP contribution in [0, 0.1) is 5.41 Å². The number of aliphatic hydroxyl groups excluding tert-OH is 1. The maximum atomic E-state index is 9.33. The van der Waals surface area contributed by atoms with Crippen molar-refractivity contribution in [2.75, 3.05) is 32.9 Å². The van der Waals surface area contributed by atoms with Crippen molar-refractivity contribution in [2.45, 2.75) is 26.8 Å². The van der Waals surface area contributed by atoms with Gasteiger partial charge >= 0.3 is 0 Å². The van der Waals surface area contributed by atoms with Crippen LogP contribution in [-0.2, 0) is 4.74 Å². The summed E-state index contributed by atoms with van der Waals surface area (Å²) < 4.78 is 5.28. The molecule has 3 nitrogen and oxygen atoms in total. The number of hydrogen-bond donors (Lipinski definition) is 1. The average Bonchev–Trinajstić information content (AvgIpc) is 2.05. The first-order valence-corrected chi connectivity index (χ1v) is 4.98. The Morgan fingerprint density at radius 3 is 2.23 bits per heavy atom. The van der Waals surface area contributed by atoms with E-state index in [-0.39, 0.29) is 18.1 Å². The average molecular weight is 187 g/mol. The third kappa shape index (κ3) is 2.93. The van der Waals surface area contributed by atoms with Crippen molar-refractivity contribution in [2.24, 2.45) is 5.41 Å². The summed E-state index contributed by atoms with van der Waals surface area (Å²) in [6.45, 7) is 10.2. The molecule has 0 amide bonds. The molecule has 13 heavy (non-hydrogen) atoms. The van der Waals surface area contributed by atoms with E-state index in [0.717, 1.165) is 26.3 Å². The van der Waals surface area contributed by atoms with Crippen LogP contribution in [0.2, 0.25) is 0 Å². The van der Waals surface area contributed by atoms with Crippen LogP contribution < -0.4 is 0 Å². The summed E-state index contributed by atoms with van der Waals surface area (Å²) in [5.74, 6) is 0. The summed E-state index contributed by atoms with van der Waals surface area (Å²) >= 11 is 0. The Kier molecular flexibility index (Phi) is 3.71. The molecule has 1 heterocycles. The van der Waals surface area contributed by atoms with Crippen LogP contribution in [-0.4, -0.2) is 49.0 Å². The lowest BCUT2D eigenvalue weighted by atomic mass is 9.86. The predicted molar refractivity (Wildman–Crippen MR) is 52.7 cm³/mol. The van der Waals surface area contributed by atoms with E-state index in [1.54, 1.807) is 0 Å². The summed E-state index contributed by atoms with van der Waals surface area (Å²) in [5, 5.41) is 9.33. The molecule has 1 aliphatic heterocycles. The first-order chi connectivity index (χ1) is 6.05. The van der Waals surface area contributed by atoms with Crippen LogP contribution in [0.25, 0.3) is 0 Å². The number of rotatable bonds is 2. The van der Waals surface area contributed by atoms with Gasteiger partial charge in [0, 0.05) is 19.1 Å². The van der Waals surface area contributed by atoms with Gasteiger partial charge in [-0.3, -0.25) is 4.90 Å². The topological polar surface area (TPSA) is 32.7 Å². The van der Waals surface area contributed by atoms with Crippen LogP contribution in [0.4, 0.5) is 0 Å². The number of aliphatic hydroxyl groups is 1. The van der Waals surface area contributed by atoms with Crippen molar-refractivity contribution < 1.29 is 9.84 Å². The quantitative estimate of drug-likeness (QED) is 0.691. The zero-order chi connectivity index (χ0) is 9.90. The van der Waals surface area contributed by atoms with E-state index in [9.17, 15) is 5.11 Å². The fourth-order valence-electron chi connectivity index (χ4n) is 1.83. The minimum atomic E-state index is 0.145. The lowest BCUT2D eigenvalue weighted by Gasteiger charge is -2.40. The van der Waals surface area contributed by atoms with Crippen molar-refractivity contribution in [3.05, 3.63) is 0 Å². The van der Waals surface area contributed by atoms with Gasteiger partial charge in [0.25, 0.3) is 0 Å². The summed E-state index contributed by atoms with van der Waals surface area (Å²) in [6.07, 6.45) is 0. The van der Waals surface area contributed by atoms with Gasteiger partial charge in [0.15, 0.2) is 0 Å².